The highest BCUT2D eigenvalue weighted by Gasteiger charge is 2.07. The van der Waals surface area contributed by atoms with Gasteiger partial charge in [0.25, 0.3) is 0 Å². The van der Waals surface area contributed by atoms with E-state index in [0.717, 1.165) is 0 Å². The Bertz CT molecular complexity index is 270. The van der Waals surface area contributed by atoms with Crippen molar-refractivity contribution in [2.45, 2.75) is 129 Å². The van der Waals surface area contributed by atoms with E-state index in [9.17, 15) is 0 Å². The first kappa shape index (κ1) is 24.7. The van der Waals surface area contributed by atoms with Crippen LogP contribution in [-0.4, -0.2) is 8.80 Å². The van der Waals surface area contributed by atoms with Crippen LogP contribution in [0.4, 0.5) is 0 Å². The minimum Gasteiger partial charge on any atom is -0.0914 e. The van der Waals surface area contributed by atoms with Gasteiger partial charge in [-0.1, -0.05) is 115 Å². The molecule has 0 aromatic rings. The van der Waals surface area contributed by atoms with E-state index in [1.54, 1.807) is 6.04 Å². The summed E-state index contributed by atoms with van der Waals surface area (Å²) in [5, 5.41) is 0. The second kappa shape index (κ2) is 21.7. The van der Waals surface area contributed by atoms with Gasteiger partial charge in [-0.05, 0) is 37.8 Å². The van der Waals surface area contributed by atoms with Crippen LogP contribution in [0.3, 0.4) is 0 Å². The SMILES string of the molecule is CCCCC/C=C/C[SiH](C/C=C/CCCCC)CCCCCCCC. The first-order chi connectivity index (χ1) is 12.3. The average molecular weight is 365 g/mol. The topological polar surface area (TPSA) is 0 Å². The summed E-state index contributed by atoms with van der Waals surface area (Å²) >= 11 is 0. The lowest BCUT2D eigenvalue weighted by molar-refractivity contribution is 0.623. The maximum absolute atomic E-state index is 2.54. The maximum atomic E-state index is 2.54. The first-order valence-electron chi connectivity index (χ1n) is 11.6. The van der Waals surface area contributed by atoms with Gasteiger partial charge in [0.2, 0.25) is 0 Å². The summed E-state index contributed by atoms with van der Waals surface area (Å²) in [5.41, 5.74) is 0. The third-order valence-corrected chi connectivity index (χ3v) is 8.29. The van der Waals surface area contributed by atoms with Crippen LogP contribution in [-0.2, 0) is 0 Å². The summed E-state index contributed by atoms with van der Waals surface area (Å²) in [7, 11) is -0.584. The molecule has 0 rings (SSSR count). The van der Waals surface area contributed by atoms with Gasteiger partial charge >= 0.3 is 0 Å². The fourth-order valence-corrected chi connectivity index (χ4v) is 6.07. The normalized spacial score (nSPS) is 12.2. The minimum atomic E-state index is -0.584. The second-order valence-electron chi connectivity index (χ2n) is 7.83. The van der Waals surface area contributed by atoms with Gasteiger partial charge in [0.1, 0.15) is 0 Å². The minimum absolute atomic E-state index is 0.584. The highest BCUT2D eigenvalue weighted by Crippen LogP contribution is 2.15. The summed E-state index contributed by atoms with van der Waals surface area (Å²) in [4.78, 5) is 0. The molecule has 0 saturated carbocycles. The van der Waals surface area contributed by atoms with E-state index in [4.69, 9.17) is 0 Å². The number of hydrogen-bond acceptors (Lipinski definition) is 0. The largest absolute Gasteiger partial charge is 0.0914 e. The Morgan fingerprint density at radius 1 is 0.480 bits per heavy atom. The lowest BCUT2D eigenvalue weighted by Gasteiger charge is -2.11. The average Bonchev–Trinajstić information content (AvgIpc) is 2.63. The molecule has 0 N–H and O–H groups in total. The van der Waals surface area contributed by atoms with Crippen molar-refractivity contribution in [1.29, 1.82) is 0 Å². The molecule has 0 radical (unpaired) electrons. The molecular formula is C24H48Si. The van der Waals surface area contributed by atoms with Crippen LogP contribution in [0.1, 0.15) is 111 Å². The molecule has 148 valence electrons. The van der Waals surface area contributed by atoms with Crippen molar-refractivity contribution >= 4 is 8.80 Å². The Morgan fingerprint density at radius 3 is 1.44 bits per heavy atom. The van der Waals surface area contributed by atoms with Crippen LogP contribution in [0.5, 0.6) is 0 Å². The van der Waals surface area contributed by atoms with Crippen LogP contribution < -0.4 is 0 Å². The van der Waals surface area contributed by atoms with Gasteiger partial charge in [0, 0.05) is 8.80 Å². The summed E-state index contributed by atoms with van der Waals surface area (Å²) in [6.07, 6.45) is 29.5. The summed E-state index contributed by atoms with van der Waals surface area (Å²) in [6, 6.07) is 4.42. The Balaban J connectivity index is 3.99. The molecule has 0 nitrogen and oxygen atoms in total. The molecule has 0 amide bonds. The molecule has 1 heteroatoms. The molecule has 0 aliphatic heterocycles. The number of hydrogen-bond donors (Lipinski definition) is 0. The molecule has 0 heterocycles. The molecule has 25 heavy (non-hydrogen) atoms. The quantitative estimate of drug-likeness (QED) is 0.122. The van der Waals surface area contributed by atoms with Crippen LogP contribution in [0.15, 0.2) is 24.3 Å². The Morgan fingerprint density at radius 2 is 0.920 bits per heavy atom. The van der Waals surface area contributed by atoms with Gasteiger partial charge in [-0.15, -0.1) is 0 Å². The van der Waals surface area contributed by atoms with E-state index in [-0.39, 0.29) is 0 Å². The maximum Gasteiger partial charge on any atom is 0.0443 e. The predicted octanol–water partition coefficient (Wildman–Crippen LogP) is 8.85. The molecule has 0 aliphatic rings. The van der Waals surface area contributed by atoms with Crippen molar-refractivity contribution in [2.24, 2.45) is 0 Å². The fourth-order valence-electron chi connectivity index (χ4n) is 3.38. The van der Waals surface area contributed by atoms with Crippen LogP contribution in [0.25, 0.3) is 0 Å². The molecule has 0 fully saturated rings. The van der Waals surface area contributed by atoms with Crippen molar-refractivity contribution in [3.63, 3.8) is 0 Å². The lowest BCUT2D eigenvalue weighted by atomic mass is 10.1. The number of unbranched alkanes of at least 4 members (excludes halogenated alkanes) is 11. The molecule has 0 aromatic heterocycles. The molecule has 0 saturated heterocycles. The highest BCUT2D eigenvalue weighted by atomic mass is 28.3. The molecule has 0 aliphatic carbocycles. The summed E-state index contributed by atoms with van der Waals surface area (Å²) in [6.45, 7) is 6.89. The highest BCUT2D eigenvalue weighted by molar-refractivity contribution is 6.59. The van der Waals surface area contributed by atoms with E-state index >= 15 is 0 Å². The van der Waals surface area contributed by atoms with E-state index < -0.39 is 8.80 Å². The Kier molecular flexibility index (Phi) is 21.5. The van der Waals surface area contributed by atoms with E-state index in [1.165, 1.54) is 102 Å². The first-order valence-corrected chi connectivity index (χ1v) is 14.1. The van der Waals surface area contributed by atoms with E-state index in [1.807, 2.05) is 0 Å². The van der Waals surface area contributed by atoms with Crippen molar-refractivity contribution in [1.82, 2.24) is 0 Å². The van der Waals surface area contributed by atoms with Gasteiger partial charge in [-0.25, -0.2) is 0 Å². The smallest absolute Gasteiger partial charge is 0.0443 e. The molecule has 0 unspecified atom stereocenters. The third kappa shape index (κ3) is 19.9. The molecule has 0 bridgehead atoms. The van der Waals surface area contributed by atoms with Crippen molar-refractivity contribution in [3.05, 3.63) is 24.3 Å². The van der Waals surface area contributed by atoms with Crippen LogP contribution in [0, 0.1) is 0 Å². The third-order valence-electron chi connectivity index (χ3n) is 5.19. The predicted molar refractivity (Wildman–Crippen MR) is 122 cm³/mol. The van der Waals surface area contributed by atoms with E-state index in [2.05, 4.69) is 45.1 Å². The lowest BCUT2D eigenvalue weighted by Crippen LogP contribution is -2.09. The van der Waals surface area contributed by atoms with Gasteiger partial charge in [0.15, 0.2) is 0 Å². The van der Waals surface area contributed by atoms with E-state index in [0.29, 0.717) is 0 Å². The number of allylic oxidation sites excluding steroid dienone is 4. The molecule has 0 aromatic carbocycles. The standard InChI is InChI=1S/C24H48Si/c1-4-7-10-13-16-19-22-25(23-20-17-14-11-8-5-2)24-21-18-15-12-9-6-3/h16-17,19-20,25H,4-15,18,21-24H2,1-3H3/b19-16+,20-17+. The zero-order chi connectivity index (χ0) is 18.4. The van der Waals surface area contributed by atoms with Crippen LogP contribution in [0.2, 0.25) is 18.1 Å². The van der Waals surface area contributed by atoms with Gasteiger partial charge in [-0.3, -0.25) is 0 Å². The van der Waals surface area contributed by atoms with Crippen molar-refractivity contribution < 1.29 is 0 Å². The monoisotopic (exact) mass is 364 g/mol. The van der Waals surface area contributed by atoms with Crippen LogP contribution >= 0.6 is 0 Å². The van der Waals surface area contributed by atoms with Gasteiger partial charge < -0.3 is 0 Å². The van der Waals surface area contributed by atoms with Gasteiger partial charge in [0.05, 0.1) is 0 Å². The van der Waals surface area contributed by atoms with Crippen molar-refractivity contribution in [2.75, 3.05) is 0 Å². The fraction of sp³-hybridized carbons (Fsp3) is 0.833. The number of rotatable bonds is 19. The zero-order valence-corrected chi connectivity index (χ0v) is 19.1. The Hall–Kier alpha value is -0.303. The second-order valence-corrected chi connectivity index (χ2v) is 11.1. The summed E-state index contributed by atoms with van der Waals surface area (Å²) in [5.74, 6) is 0. The van der Waals surface area contributed by atoms with Crippen molar-refractivity contribution in [3.8, 4) is 0 Å². The molecule has 0 atom stereocenters. The summed E-state index contributed by atoms with van der Waals surface area (Å²) < 4.78 is 0. The van der Waals surface area contributed by atoms with Gasteiger partial charge in [-0.2, -0.15) is 0 Å². The zero-order valence-electron chi connectivity index (χ0n) is 17.9. The molecular weight excluding hydrogens is 316 g/mol. The molecule has 0 spiro atoms. The Labute approximate surface area is 162 Å².